The molecule has 0 aliphatic heterocycles. The Morgan fingerprint density at radius 2 is 1.67 bits per heavy atom. The molecule has 0 spiro atoms. The topological polar surface area (TPSA) is 83.6 Å². The summed E-state index contributed by atoms with van der Waals surface area (Å²) in [5, 5.41) is 21.3. The Morgan fingerprint density at radius 1 is 0.917 bits per heavy atom. The number of Topliss-reactive ketones (excluding diaryl/α,β-unsaturated/α-hetero) is 1. The van der Waals surface area contributed by atoms with Crippen LogP contribution in [0.1, 0.15) is 17.0 Å². The Balaban J connectivity index is 1.84. The molecule has 4 N–H and O–H groups in total. The lowest BCUT2D eigenvalue weighted by atomic mass is 9.90. The van der Waals surface area contributed by atoms with Gasteiger partial charge in [-0.05, 0) is 34.0 Å². The maximum atomic E-state index is 12.7. The number of hydrogen-bond donors (Lipinski definition) is 3. The van der Waals surface area contributed by atoms with Gasteiger partial charge in [0.2, 0.25) is 0 Å². The maximum Gasteiger partial charge on any atom is 0.157 e. The number of benzene rings is 3. The predicted octanol–water partition coefficient (Wildman–Crippen LogP) is 3.11. The second-order valence-corrected chi connectivity index (χ2v) is 5.86. The van der Waals surface area contributed by atoms with Gasteiger partial charge in [-0.2, -0.15) is 0 Å². The quantitative estimate of drug-likeness (QED) is 0.631. The zero-order chi connectivity index (χ0) is 17.1. The van der Waals surface area contributed by atoms with Crippen molar-refractivity contribution in [1.82, 2.24) is 0 Å². The van der Waals surface area contributed by atoms with E-state index >= 15 is 0 Å². The lowest BCUT2D eigenvalue weighted by Crippen LogP contribution is -2.23. The van der Waals surface area contributed by atoms with Crippen LogP contribution >= 0.6 is 0 Å². The Labute approximate surface area is 140 Å². The van der Waals surface area contributed by atoms with Gasteiger partial charge in [0, 0.05) is 13.0 Å². The number of rotatable bonds is 5. The van der Waals surface area contributed by atoms with Crippen molar-refractivity contribution >= 4 is 16.6 Å². The molecule has 0 aromatic heterocycles. The first kappa shape index (κ1) is 16.0. The van der Waals surface area contributed by atoms with Crippen molar-refractivity contribution in [2.24, 2.45) is 5.73 Å². The molecule has 0 aliphatic carbocycles. The van der Waals surface area contributed by atoms with Crippen LogP contribution in [0.3, 0.4) is 0 Å². The zero-order valence-electron chi connectivity index (χ0n) is 13.1. The molecule has 0 amide bonds. The van der Waals surface area contributed by atoms with E-state index in [0.29, 0.717) is 5.56 Å². The highest BCUT2D eigenvalue weighted by Gasteiger charge is 2.20. The molecule has 1 unspecified atom stereocenters. The molecule has 0 bridgehead atoms. The SMILES string of the molecule is NCC(C(=O)Cc1ccc2ccccc2c1)c1ccc(O)c(O)c1. The highest BCUT2D eigenvalue weighted by Crippen LogP contribution is 2.29. The normalized spacial score (nSPS) is 12.2. The van der Waals surface area contributed by atoms with Crippen LogP contribution in [0, 0.1) is 0 Å². The van der Waals surface area contributed by atoms with Gasteiger partial charge in [-0.3, -0.25) is 4.79 Å². The molecule has 3 rings (SSSR count). The minimum atomic E-state index is -0.511. The minimum absolute atomic E-state index is 0.0159. The summed E-state index contributed by atoms with van der Waals surface area (Å²) in [6, 6.07) is 18.3. The number of phenols is 2. The Hall–Kier alpha value is -2.85. The molecule has 122 valence electrons. The van der Waals surface area contributed by atoms with Crippen molar-refractivity contribution < 1.29 is 15.0 Å². The van der Waals surface area contributed by atoms with E-state index in [9.17, 15) is 15.0 Å². The smallest absolute Gasteiger partial charge is 0.157 e. The van der Waals surface area contributed by atoms with Gasteiger partial charge in [0.1, 0.15) is 5.78 Å². The first-order valence-corrected chi connectivity index (χ1v) is 7.81. The lowest BCUT2D eigenvalue weighted by Gasteiger charge is -2.15. The summed E-state index contributed by atoms with van der Waals surface area (Å²) in [6.07, 6.45) is 0.272. The molecular weight excluding hydrogens is 302 g/mol. The molecule has 4 nitrogen and oxygen atoms in total. The second kappa shape index (κ2) is 6.72. The number of carbonyl (C=O) groups is 1. The van der Waals surface area contributed by atoms with Crippen molar-refractivity contribution in [3.05, 3.63) is 71.8 Å². The molecule has 1 atom stereocenters. The highest BCUT2D eigenvalue weighted by atomic mass is 16.3. The molecule has 3 aromatic carbocycles. The fourth-order valence-corrected chi connectivity index (χ4v) is 2.88. The van der Waals surface area contributed by atoms with Gasteiger partial charge in [-0.1, -0.05) is 48.5 Å². The molecule has 0 radical (unpaired) electrons. The fraction of sp³-hybridized carbons (Fsp3) is 0.150. The first-order valence-electron chi connectivity index (χ1n) is 7.81. The molecule has 0 saturated heterocycles. The number of ketones is 1. The Kier molecular flexibility index (Phi) is 4.49. The van der Waals surface area contributed by atoms with Crippen LogP contribution in [0.5, 0.6) is 11.5 Å². The van der Waals surface area contributed by atoms with Crippen LogP contribution in [-0.4, -0.2) is 22.5 Å². The van der Waals surface area contributed by atoms with Crippen LogP contribution in [0.15, 0.2) is 60.7 Å². The van der Waals surface area contributed by atoms with Crippen molar-refractivity contribution in [3.63, 3.8) is 0 Å². The summed E-state index contributed by atoms with van der Waals surface area (Å²) >= 11 is 0. The van der Waals surface area contributed by atoms with Crippen molar-refractivity contribution in [1.29, 1.82) is 0 Å². The van der Waals surface area contributed by atoms with Crippen molar-refractivity contribution in [2.45, 2.75) is 12.3 Å². The molecule has 3 aromatic rings. The number of hydrogen-bond acceptors (Lipinski definition) is 4. The summed E-state index contributed by atoms with van der Waals surface area (Å²) < 4.78 is 0. The molecule has 0 heterocycles. The maximum absolute atomic E-state index is 12.7. The van der Waals surface area contributed by atoms with Gasteiger partial charge < -0.3 is 15.9 Å². The average Bonchev–Trinajstić information content (AvgIpc) is 2.58. The van der Waals surface area contributed by atoms with Gasteiger partial charge in [0.15, 0.2) is 11.5 Å². The predicted molar refractivity (Wildman–Crippen MR) is 94.2 cm³/mol. The zero-order valence-corrected chi connectivity index (χ0v) is 13.1. The summed E-state index contributed by atoms with van der Waals surface area (Å²) in [6.45, 7) is 0.149. The average molecular weight is 321 g/mol. The van der Waals surface area contributed by atoms with Crippen LogP contribution in [0.4, 0.5) is 0 Å². The van der Waals surface area contributed by atoms with Crippen LogP contribution in [0.2, 0.25) is 0 Å². The number of nitrogens with two attached hydrogens (primary N) is 1. The summed E-state index contributed by atoms with van der Waals surface area (Å²) in [4.78, 5) is 12.7. The summed E-state index contributed by atoms with van der Waals surface area (Å²) in [7, 11) is 0. The number of aromatic hydroxyl groups is 2. The van der Waals surface area contributed by atoms with E-state index in [1.54, 1.807) is 6.07 Å². The summed E-state index contributed by atoms with van der Waals surface area (Å²) in [5.74, 6) is -0.984. The minimum Gasteiger partial charge on any atom is -0.504 e. The van der Waals surface area contributed by atoms with E-state index in [4.69, 9.17) is 5.73 Å². The fourth-order valence-electron chi connectivity index (χ4n) is 2.88. The van der Waals surface area contributed by atoms with Gasteiger partial charge in [0.05, 0.1) is 5.92 Å². The van der Waals surface area contributed by atoms with E-state index in [1.165, 1.54) is 12.1 Å². The molecular formula is C20H19NO3. The molecule has 24 heavy (non-hydrogen) atoms. The van der Waals surface area contributed by atoms with E-state index in [-0.39, 0.29) is 30.2 Å². The van der Waals surface area contributed by atoms with Crippen molar-refractivity contribution in [3.8, 4) is 11.5 Å². The Morgan fingerprint density at radius 3 is 2.38 bits per heavy atom. The number of phenolic OH excluding ortho intramolecular Hbond substituents is 2. The lowest BCUT2D eigenvalue weighted by molar-refractivity contribution is -0.119. The van der Waals surface area contributed by atoms with Crippen LogP contribution in [0.25, 0.3) is 10.8 Å². The van der Waals surface area contributed by atoms with Crippen molar-refractivity contribution in [2.75, 3.05) is 6.54 Å². The standard InChI is InChI=1S/C20H19NO3/c21-12-17(16-7-8-18(22)20(24)11-16)19(23)10-13-5-6-14-3-1-2-4-15(14)9-13/h1-9,11,17,22,24H,10,12,21H2. The Bertz CT molecular complexity index is 889. The third-order valence-corrected chi connectivity index (χ3v) is 4.22. The summed E-state index contributed by atoms with van der Waals surface area (Å²) in [5.41, 5.74) is 7.31. The number of fused-ring (bicyclic) bond motifs is 1. The highest BCUT2D eigenvalue weighted by molar-refractivity contribution is 5.90. The van der Waals surface area contributed by atoms with Crippen LogP contribution in [-0.2, 0) is 11.2 Å². The van der Waals surface area contributed by atoms with Gasteiger partial charge in [-0.25, -0.2) is 0 Å². The molecule has 0 fully saturated rings. The first-order chi connectivity index (χ1) is 11.6. The van der Waals surface area contributed by atoms with E-state index in [1.807, 2.05) is 42.5 Å². The van der Waals surface area contributed by atoms with E-state index < -0.39 is 5.92 Å². The van der Waals surface area contributed by atoms with E-state index in [2.05, 4.69) is 0 Å². The monoisotopic (exact) mass is 321 g/mol. The second-order valence-electron chi connectivity index (χ2n) is 5.86. The molecule has 4 heteroatoms. The largest absolute Gasteiger partial charge is 0.504 e. The third-order valence-electron chi connectivity index (χ3n) is 4.22. The number of carbonyl (C=O) groups excluding carboxylic acids is 1. The van der Waals surface area contributed by atoms with Gasteiger partial charge in [0.25, 0.3) is 0 Å². The van der Waals surface area contributed by atoms with Crippen LogP contribution < -0.4 is 5.73 Å². The van der Waals surface area contributed by atoms with Gasteiger partial charge >= 0.3 is 0 Å². The van der Waals surface area contributed by atoms with E-state index in [0.717, 1.165) is 16.3 Å². The molecule has 0 aliphatic rings. The third kappa shape index (κ3) is 3.24. The molecule has 0 saturated carbocycles. The van der Waals surface area contributed by atoms with Gasteiger partial charge in [-0.15, -0.1) is 0 Å².